The van der Waals surface area contributed by atoms with E-state index in [0.29, 0.717) is 10.8 Å². The average molecular weight is 312 g/mol. The van der Waals surface area contributed by atoms with Crippen LogP contribution in [0.4, 0.5) is 8.78 Å². The third-order valence-corrected chi connectivity index (χ3v) is 3.49. The first-order valence-corrected chi connectivity index (χ1v) is 6.91. The molecule has 1 N–H and O–H groups in total. The van der Waals surface area contributed by atoms with E-state index < -0.39 is 17.7 Å². The molecule has 0 radical (unpaired) electrons. The summed E-state index contributed by atoms with van der Waals surface area (Å²) in [5, 5.41) is 3.40. The van der Waals surface area contributed by atoms with E-state index in [1.54, 1.807) is 19.2 Å². The van der Waals surface area contributed by atoms with Crippen molar-refractivity contribution in [3.05, 3.63) is 64.2 Å². The first-order valence-electron chi connectivity index (χ1n) is 6.53. The molecule has 2 nitrogen and oxygen atoms in total. The lowest BCUT2D eigenvalue weighted by Crippen LogP contribution is -2.24. The highest BCUT2D eigenvalue weighted by molar-refractivity contribution is 6.32. The Hall–Kier alpha value is -1.65. The van der Waals surface area contributed by atoms with Gasteiger partial charge in [-0.3, -0.25) is 0 Å². The van der Waals surface area contributed by atoms with E-state index in [9.17, 15) is 8.78 Å². The maximum absolute atomic E-state index is 13.8. The second kappa shape index (κ2) is 6.87. The van der Waals surface area contributed by atoms with Crippen molar-refractivity contribution in [2.75, 3.05) is 13.7 Å². The number of ether oxygens (including phenoxy) is 1. The van der Waals surface area contributed by atoms with Crippen LogP contribution in [0.2, 0.25) is 5.02 Å². The highest BCUT2D eigenvalue weighted by atomic mass is 35.5. The molecule has 2 rings (SSSR count). The number of benzene rings is 2. The average Bonchev–Trinajstić information content (AvgIpc) is 2.45. The fraction of sp³-hybridized carbons (Fsp3) is 0.250. The van der Waals surface area contributed by atoms with Crippen molar-refractivity contribution in [1.82, 2.24) is 5.32 Å². The second-order valence-corrected chi connectivity index (χ2v) is 5.14. The minimum Gasteiger partial charge on any atom is -0.490 e. The molecular formula is C16H16ClF2NO. The highest BCUT2D eigenvalue weighted by Crippen LogP contribution is 2.27. The summed E-state index contributed by atoms with van der Waals surface area (Å²) in [5.41, 5.74) is 1.24. The van der Waals surface area contributed by atoms with Crippen LogP contribution in [0.15, 0.2) is 36.4 Å². The van der Waals surface area contributed by atoms with Crippen molar-refractivity contribution in [2.24, 2.45) is 0 Å². The lowest BCUT2D eigenvalue weighted by molar-refractivity contribution is 0.269. The summed E-state index contributed by atoms with van der Waals surface area (Å²) in [6, 6.07) is 9.02. The van der Waals surface area contributed by atoms with Gasteiger partial charge >= 0.3 is 0 Å². The Morgan fingerprint density at radius 3 is 2.67 bits per heavy atom. The standard InChI is InChI=1S/C16H16ClF2NO/c1-10-6-7-15(12(17)8-10)21-9-14(20-2)11-4-3-5-13(18)16(11)19/h3-8,14,20H,9H2,1-2H3. The quantitative estimate of drug-likeness (QED) is 0.890. The molecular weight excluding hydrogens is 296 g/mol. The summed E-state index contributed by atoms with van der Waals surface area (Å²) in [7, 11) is 1.66. The Kier molecular flexibility index (Phi) is 5.15. The number of halogens is 3. The van der Waals surface area contributed by atoms with Gasteiger partial charge in [-0.25, -0.2) is 8.78 Å². The van der Waals surface area contributed by atoms with Crippen molar-refractivity contribution >= 4 is 11.6 Å². The number of hydrogen-bond acceptors (Lipinski definition) is 2. The Labute approximate surface area is 127 Å². The van der Waals surface area contributed by atoms with Gasteiger partial charge in [0.1, 0.15) is 12.4 Å². The molecule has 5 heteroatoms. The maximum Gasteiger partial charge on any atom is 0.163 e. The third-order valence-electron chi connectivity index (χ3n) is 3.20. The first-order chi connectivity index (χ1) is 10.0. The monoisotopic (exact) mass is 311 g/mol. The van der Waals surface area contributed by atoms with Gasteiger partial charge in [-0.1, -0.05) is 29.8 Å². The van der Waals surface area contributed by atoms with E-state index in [1.807, 2.05) is 13.0 Å². The van der Waals surface area contributed by atoms with Crippen molar-refractivity contribution < 1.29 is 13.5 Å². The van der Waals surface area contributed by atoms with E-state index in [4.69, 9.17) is 16.3 Å². The zero-order valence-corrected chi connectivity index (χ0v) is 12.5. The maximum atomic E-state index is 13.8. The number of nitrogens with one attached hydrogen (secondary N) is 1. The fourth-order valence-electron chi connectivity index (χ4n) is 2.01. The van der Waals surface area contributed by atoms with E-state index in [1.165, 1.54) is 12.1 Å². The van der Waals surface area contributed by atoms with Crippen molar-refractivity contribution in [1.29, 1.82) is 0 Å². The molecule has 1 unspecified atom stereocenters. The number of aryl methyl sites for hydroxylation is 1. The largest absolute Gasteiger partial charge is 0.490 e. The molecule has 0 aliphatic carbocycles. The zero-order chi connectivity index (χ0) is 15.4. The van der Waals surface area contributed by atoms with Crippen molar-refractivity contribution in [2.45, 2.75) is 13.0 Å². The van der Waals surface area contributed by atoms with Crippen LogP contribution in [0.5, 0.6) is 5.75 Å². The molecule has 0 aliphatic rings. The van der Waals surface area contributed by atoms with Crippen LogP contribution in [-0.4, -0.2) is 13.7 Å². The third kappa shape index (κ3) is 3.71. The van der Waals surface area contributed by atoms with E-state index in [2.05, 4.69) is 5.32 Å². The predicted octanol–water partition coefficient (Wildman–Crippen LogP) is 4.27. The van der Waals surface area contributed by atoms with Crippen LogP contribution in [-0.2, 0) is 0 Å². The lowest BCUT2D eigenvalue weighted by atomic mass is 10.1. The Bertz CT molecular complexity index is 634. The van der Waals surface area contributed by atoms with Crippen LogP contribution < -0.4 is 10.1 Å². The van der Waals surface area contributed by atoms with Crippen LogP contribution in [0.25, 0.3) is 0 Å². The summed E-state index contributed by atoms with van der Waals surface area (Å²) in [4.78, 5) is 0. The van der Waals surface area contributed by atoms with Gasteiger partial charge < -0.3 is 10.1 Å². The molecule has 0 aromatic heterocycles. The minimum atomic E-state index is -0.874. The van der Waals surface area contributed by atoms with Gasteiger partial charge in [-0.15, -0.1) is 0 Å². The predicted molar refractivity (Wildman–Crippen MR) is 79.8 cm³/mol. The normalized spacial score (nSPS) is 12.2. The molecule has 21 heavy (non-hydrogen) atoms. The molecule has 112 valence electrons. The van der Waals surface area contributed by atoms with E-state index >= 15 is 0 Å². The highest BCUT2D eigenvalue weighted by Gasteiger charge is 2.17. The van der Waals surface area contributed by atoms with Crippen molar-refractivity contribution in [3.8, 4) is 5.75 Å². The zero-order valence-electron chi connectivity index (χ0n) is 11.8. The molecule has 0 bridgehead atoms. The summed E-state index contributed by atoms with van der Waals surface area (Å²) in [6.07, 6.45) is 0. The van der Waals surface area contributed by atoms with Crippen LogP contribution in [0.3, 0.4) is 0 Å². The number of likely N-dealkylation sites (N-methyl/N-ethyl adjacent to an activating group) is 1. The molecule has 0 saturated carbocycles. The molecule has 0 fully saturated rings. The Balaban J connectivity index is 2.14. The van der Waals surface area contributed by atoms with Crippen molar-refractivity contribution in [3.63, 3.8) is 0 Å². The smallest absolute Gasteiger partial charge is 0.163 e. The van der Waals surface area contributed by atoms with Gasteiger partial charge in [0.05, 0.1) is 11.1 Å². The number of hydrogen-bond donors (Lipinski definition) is 1. The van der Waals surface area contributed by atoms with Gasteiger partial charge in [-0.2, -0.15) is 0 Å². The Morgan fingerprint density at radius 1 is 1.24 bits per heavy atom. The lowest BCUT2D eigenvalue weighted by Gasteiger charge is -2.19. The van der Waals surface area contributed by atoms with Gasteiger partial charge in [0, 0.05) is 5.56 Å². The van der Waals surface area contributed by atoms with Gasteiger partial charge in [0.15, 0.2) is 11.6 Å². The molecule has 0 aliphatic heterocycles. The Morgan fingerprint density at radius 2 is 2.00 bits per heavy atom. The van der Waals surface area contributed by atoms with E-state index in [0.717, 1.165) is 11.6 Å². The SMILES string of the molecule is CNC(COc1ccc(C)cc1Cl)c1cccc(F)c1F. The molecule has 0 saturated heterocycles. The molecule has 0 spiro atoms. The van der Waals surface area contributed by atoms with Crippen LogP contribution in [0, 0.1) is 18.6 Å². The van der Waals surface area contributed by atoms with Gasteiger partial charge in [-0.05, 0) is 37.7 Å². The minimum absolute atomic E-state index is 0.139. The van der Waals surface area contributed by atoms with E-state index in [-0.39, 0.29) is 12.2 Å². The van der Waals surface area contributed by atoms with Gasteiger partial charge in [0.25, 0.3) is 0 Å². The van der Waals surface area contributed by atoms with Crippen LogP contribution >= 0.6 is 11.6 Å². The summed E-state index contributed by atoms with van der Waals surface area (Å²) in [5.74, 6) is -1.23. The molecule has 2 aromatic rings. The second-order valence-electron chi connectivity index (χ2n) is 4.73. The number of rotatable bonds is 5. The summed E-state index contributed by atoms with van der Waals surface area (Å²) >= 11 is 6.08. The fourth-order valence-corrected chi connectivity index (χ4v) is 2.30. The van der Waals surface area contributed by atoms with Crippen LogP contribution in [0.1, 0.15) is 17.2 Å². The molecule has 0 heterocycles. The first kappa shape index (κ1) is 15.7. The van der Waals surface area contributed by atoms with Gasteiger partial charge in [0.2, 0.25) is 0 Å². The molecule has 1 atom stereocenters. The summed E-state index contributed by atoms with van der Waals surface area (Å²) < 4.78 is 32.7. The molecule has 2 aromatic carbocycles. The molecule has 0 amide bonds. The summed E-state index contributed by atoms with van der Waals surface area (Å²) in [6.45, 7) is 2.06. The topological polar surface area (TPSA) is 21.3 Å².